The van der Waals surface area contributed by atoms with E-state index >= 15 is 0 Å². The smallest absolute Gasteiger partial charge is 0.335 e. The number of carbonyl (C=O) groups is 2. The zero-order valence-corrected chi connectivity index (χ0v) is 18.7. The molecule has 0 aliphatic heterocycles. The monoisotopic (exact) mass is 472 g/mol. The lowest BCUT2D eigenvalue weighted by Gasteiger charge is -2.24. The van der Waals surface area contributed by atoms with Gasteiger partial charge in [0.2, 0.25) is 5.91 Å². The van der Waals surface area contributed by atoms with Crippen molar-refractivity contribution in [3.63, 3.8) is 0 Å². The number of nitrogens with one attached hydrogen (secondary N) is 1. The van der Waals surface area contributed by atoms with E-state index in [4.69, 9.17) is 16.7 Å². The van der Waals surface area contributed by atoms with Crippen molar-refractivity contribution < 1.29 is 23.1 Å². The highest BCUT2D eigenvalue weighted by atomic mass is 35.5. The molecule has 0 atom stereocenters. The van der Waals surface area contributed by atoms with Crippen molar-refractivity contribution in [1.29, 1.82) is 0 Å². The first-order valence-electron chi connectivity index (χ1n) is 9.61. The van der Waals surface area contributed by atoms with Gasteiger partial charge in [0.25, 0.3) is 10.0 Å². The van der Waals surface area contributed by atoms with Crippen molar-refractivity contribution in [2.45, 2.75) is 18.4 Å². The van der Waals surface area contributed by atoms with E-state index in [9.17, 15) is 18.0 Å². The summed E-state index contributed by atoms with van der Waals surface area (Å²) >= 11 is 6.05. The van der Waals surface area contributed by atoms with Crippen molar-refractivity contribution in [2.24, 2.45) is 0 Å². The maximum Gasteiger partial charge on any atom is 0.335 e. The molecule has 0 aromatic heterocycles. The molecule has 0 fully saturated rings. The third-order valence-electron chi connectivity index (χ3n) is 4.66. The molecule has 3 aromatic carbocycles. The standard InChI is InChI=1S/C23H21ClN2O5S/c1-16-8-10-21(11-9-16)32(30,31)26(20-7-3-6-19(24)13-20)15-22(27)25-14-17-4-2-5-18(12-17)23(28)29/h2-13H,14-15H2,1H3,(H,25,27)(H,28,29). The van der Waals surface area contributed by atoms with E-state index < -0.39 is 28.4 Å². The normalized spacial score (nSPS) is 11.1. The van der Waals surface area contributed by atoms with Gasteiger partial charge in [-0.2, -0.15) is 0 Å². The van der Waals surface area contributed by atoms with Crippen LogP contribution < -0.4 is 9.62 Å². The van der Waals surface area contributed by atoms with Gasteiger partial charge < -0.3 is 10.4 Å². The van der Waals surface area contributed by atoms with Crippen LogP contribution in [-0.4, -0.2) is 31.9 Å². The van der Waals surface area contributed by atoms with Crippen LogP contribution in [0, 0.1) is 6.92 Å². The average molecular weight is 473 g/mol. The Morgan fingerprint density at radius 2 is 1.69 bits per heavy atom. The summed E-state index contributed by atoms with van der Waals surface area (Å²) in [6, 6.07) is 18.7. The Bertz CT molecular complexity index is 1240. The zero-order valence-electron chi connectivity index (χ0n) is 17.2. The van der Waals surface area contributed by atoms with Gasteiger partial charge in [0, 0.05) is 11.6 Å². The molecule has 1 amide bonds. The molecule has 0 saturated carbocycles. The van der Waals surface area contributed by atoms with Crippen LogP contribution in [0.2, 0.25) is 5.02 Å². The van der Waals surface area contributed by atoms with Crippen LogP contribution in [-0.2, 0) is 21.4 Å². The fourth-order valence-corrected chi connectivity index (χ4v) is 4.58. The molecule has 0 aliphatic carbocycles. The minimum absolute atomic E-state index is 0.0463. The number of carboxylic acid groups (broad SMARTS) is 1. The maximum atomic E-state index is 13.3. The number of nitrogens with zero attached hydrogens (tertiary/aromatic N) is 1. The second-order valence-electron chi connectivity index (χ2n) is 7.09. The predicted octanol–water partition coefficient (Wildman–Crippen LogP) is 3.86. The summed E-state index contributed by atoms with van der Waals surface area (Å²) in [6.45, 7) is 1.42. The van der Waals surface area contributed by atoms with Gasteiger partial charge in [0.05, 0.1) is 16.1 Å². The van der Waals surface area contributed by atoms with Crippen molar-refractivity contribution in [3.05, 3.63) is 94.5 Å². The van der Waals surface area contributed by atoms with Crippen LogP contribution in [0.1, 0.15) is 21.5 Å². The Kier molecular flexibility index (Phi) is 7.17. The fourth-order valence-electron chi connectivity index (χ4n) is 2.99. The predicted molar refractivity (Wildman–Crippen MR) is 122 cm³/mol. The van der Waals surface area contributed by atoms with Crippen molar-refractivity contribution in [3.8, 4) is 0 Å². The molecule has 3 aromatic rings. The highest BCUT2D eigenvalue weighted by Gasteiger charge is 2.27. The Morgan fingerprint density at radius 1 is 1.00 bits per heavy atom. The van der Waals surface area contributed by atoms with Crippen LogP contribution in [0.25, 0.3) is 0 Å². The molecule has 0 radical (unpaired) electrons. The van der Waals surface area contributed by atoms with Gasteiger partial charge in [0.1, 0.15) is 6.54 Å². The van der Waals surface area contributed by atoms with E-state index in [1.165, 1.54) is 30.3 Å². The minimum Gasteiger partial charge on any atom is -0.478 e. The number of benzene rings is 3. The van der Waals surface area contributed by atoms with Gasteiger partial charge >= 0.3 is 5.97 Å². The quantitative estimate of drug-likeness (QED) is 0.518. The van der Waals surface area contributed by atoms with Crippen LogP contribution in [0.4, 0.5) is 5.69 Å². The van der Waals surface area contributed by atoms with Crippen molar-refractivity contribution in [2.75, 3.05) is 10.8 Å². The Balaban J connectivity index is 1.84. The Morgan fingerprint density at radius 3 is 2.34 bits per heavy atom. The van der Waals surface area contributed by atoms with E-state index in [2.05, 4.69) is 5.32 Å². The molecular formula is C23H21ClN2O5S. The average Bonchev–Trinajstić information content (AvgIpc) is 2.76. The van der Waals surface area contributed by atoms with E-state index in [1.807, 2.05) is 6.92 Å². The fraction of sp³-hybridized carbons (Fsp3) is 0.130. The number of amides is 1. The zero-order chi connectivity index (χ0) is 23.3. The molecule has 2 N–H and O–H groups in total. The molecule has 0 unspecified atom stereocenters. The van der Waals surface area contributed by atoms with Crippen molar-refractivity contribution >= 4 is 39.2 Å². The van der Waals surface area contributed by atoms with Gasteiger partial charge in [-0.3, -0.25) is 9.10 Å². The summed E-state index contributed by atoms with van der Waals surface area (Å²) < 4.78 is 27.6. The first-order chi connectivity index (χ1) is 15.2. The summed E-state index contributed by atoms with van der Waals surface area (Å²) in [7, 11) is -4.05. The number of hydrogen-bond donors (Lipinski definition) is 2. The van der Waals surface area contributed by atoms with Crippen LogP contribution >= 0.6 is 11.6 Å². The second kappa shape index (κ2) is 9.84. The summed E-state index contributed by atoms with van der Waals surface area (Å²) in [5.41, 5.74) is 1.83. The SMILES string of the molecule is Cc1ccc(S(=O)(=O)N(CC(=O)NCc2cccc(C(=O)O)c2)c2cccc(Cl)c2)cc1. The number of halogens is 1. The number of carbonyl (C=O) groups excluding carboxylic acids is 1. The third-order valence-corrected chi connectivity index (χ3v) is 6.68. The van der Waals surface area contributed by atoms with E-state index in [0.717, 1.165) is 9.87 Å². The molecule has 0 bridgehead atoms. The minimum atomic E-state index is -4.05. The molecule has 3 rings (SSSR count). The largest absolute Gasteiger partial charge is 0.478 e. The lowest BCUT2D eigenvalue weighted by molar-refractivity contribution is -0.119. The molecule has 166 valence electrons. The highest BCUT2D eigenvalue weighted by molar-refractivity contribution is 7.92. The van der Waals surface area contributed by atoms with Crippen LogP contribution in [0.5, 0.6) is 0 Å². The topological polar surface area (TPSA) is 104 Å². The lowest BCUT2D eigenvalue weighted by Crippen LogP contribution is -2.40. The second-order valence-corrected chi connectivity index (χ2v) is 9.39. The summed E-state index contributed by atoms with van der Waals surface area (Å²) in [5.74, 6) is -1.63. The summed E-state index contributed by atoms with van der Waals surface area (Å²) in [6.07, 6.45) is 0. The molecule has 9 heteroatoms. The van der Waals surface area contributed by atoms with E-state index in [1.54, 1.807) is 42.5 Å². The number of aromatic carboxylic acids is 1. The number of aryl methyl sites for hydroxylation is 1. The molecule has 32 heavy (non-hydrogen) atoms. The summed E-state index contributed by atoms with van der Waals surface area (Å²) in [4.78, 5) is 23.8. The first kappa shape index (κ1) is 23.3. The van der Waals surface area contributed by atoms with Gasteiger partial charge in [-0.1, -0.05) is 47.5 Å². The van der Waals surface area contributed by atoms with Gasteiger partial charge in [0.15, 0.2) is 0 Å². The molecule has 7 nitrogen and oxygen atoms in total. The van der Waals surface area contributed by atoms with Crippen molar-refractivity contribution in [1.82, 2.24) is 5.32 Å². The number of sulfonamides is 1. The number of hydrogen-bond acceptors (Lipinski definition) is 4. The van der Waals surface area contributed by atoms with Crippen LogP contribution in [0.15, 0.2) is 77.7 Å². The lowest BCUT2D eigenvalue weighted by atomic mass is 10.1. The van der Waals surface area contributed by atoms with E-state index in [0.29, 0.717) is 10.6 Å². The highest BCUT2D eigenvalue weighted by Crippen LogP contribution is 2.26. The molecule has 0 aliphatic rings. The molecule has 0 spiro atoms. The van der Waals surface area contributed by atoms with Crippen LogP contribution in [0.3, 0.4) is 0 Å². The van der Waals surface area contributed by atoms with E-state index in [-0.39, 0.29) is 22.7 Å². The molecule has 0 saturated heterocycles. The summed E-state index contributed by atoms with van der Waals surface area (Å²) in [5, 5.41) is 12.1. The number of rotatable bonds is 8. The number of anilines is 1. The Labute approximate surface area is 191 Å². The molecular weight excluding hydrogens is 452 g/mol. The third kappa shape index (κ3) is 5.66. The first-order valence-corrected chi connectivity index (χ1v) is 11.4. The maximum absolute atomic E-state index is 13.3. The van der Waals surface area contributed by atoms with Gasteiger partial charge in [-0.05, 0) is 55.0 Å². The van der Waals surface area contributed by atoms with Gasteiger partial charge in [-0.25, -0.2) is 13.2 Å². The van der Waals surface area contributed by atoms with Gasteiger partial charge in [-0.15, -0.1) is 0 Å². The molecule has 0 heterocycles. The number of carboxylic acids is 1. The Hall–Kier alpha value is -3.36.